The number of hydrogen-bond acceptors (Lipinski definition) is 3. The smallest absolute Gasteiger partial charge is 0.118 e. The Morgan fingerprint density at radius 1 is 1.22 bits per heavy atom. The molecule has 3 nitrogen and oxygen atoms in total. The molecule has 1 unspecified atom stereocenters. The normalized spacial score (nSPS) is 19.3. The van der Waals surface area contributed by atoms with Gasteiger partial charge in [0.05, 0.1) is 0 Å². The van der Waals surface area contributed by atoms with Gasteiger partial charge in [0.2, 0.25) is 0 Å². The Balaban J connectivity index is 3.88. The molecule has 0 aliphatic rings. The zero-order valence-electron chi connectivity index (χ0n) is 6.26. The van der Waals surface area contributed by atoms with Crippen LogP contribution in [-0.2, 0) is 0 Å². The van der Waals surface area contributed by atoms with Crippen molar-refractivity contribution in [3.05, 3.63) is 0 Å². The van der Waals surface area contributed by atoms with Crippen molar-refractivity contribution in [2.45, 2.75) is 33.0 Å². The highest BCUT2D eigenvalue weighted by atomic mass is 16.3. The fraction of sp³-hybridized carbons (Fsp3) is 1.00. The van der Waals surface area contributed by atoms with E-state index in [4.69, 9.17) is 16.6 Å². The van der Waals surface area contributed by atoms with Gasteiger partial charge in [-0.3, -0.25) is 0 Å². The molecule has 0 radical (unpaired) electrons. The summed E-state index contributed by atoms with van der Waals surface area (Å²) in [7, 11) is 0. The number of rotatable bonds is 1. The second kappa shape index (κ2) is 2.64. The van der Waals surface area contributed by atoms with Crippen molar-refractivity contribution in [2.75, 3.05) is 0 Å². The third-order valence-electron chi connectivity index (χ3n) is 1.37. The predicted octanol–water partition coefficient (Wildman–Crippen LogP) is -0.363. The van der Waals surface area contributed by atoms with Gasteiger partial charge in [0.25, 0.3) is 0 Å². The Morgan fingerprint density at radius 2 is 1.56 bits per heavy atom. The molecule has 0 fully saturated rings. The van der Waals surface area contributed by atoms with Gasteiger partial charge in [-0.05, 0) is 5.41 Å². The lowest BCUT2D eigenvalue weighted by Crippen LogP contribution is -2.49. The van der Waals surface area contributed by atoms with E-state index in [1.165, 1.54) is 0 Å². The largest absolute Gasteiger partial charge is 0.377 e. The third kappa shape index (κ3) is 2.79. The third-order valence-corrected chi connectivity index (χ3v) is 1.37. The molecule has 3 heteroatoms. The molecule has 2 atom stereocenters. The lowest BCUT2D eigenvalue weighted by molar-refractivity contribution is 0.0980. The van der Waals surface area contributed by atoms with Crippen molar-refractivity contribution in [3.8, 4) is 0 Å². The van der Waals surface area contributed by atoms with Crippen LogP contribution in [0.4, 0.5) is 0 Å². The number of hydrogen-bond donors (Lipinski definition) is 3. The Morgan fingerprint density at radius 3 is 1.56 bits per heavy atom. The lowest BCUT2D eigenvalue weighted by Gasteiger charge is -2.28. The lowest BCUT2D eigenvalue weighted by atomic mass is 9.86. The SMILES string of the molecule is CC(C)(C)[C@H](N)C(N)O. The molecule has 0 amide bonds. The fourth-order valence-electron chi connectivity index (χ4n) is 0.512. The van der Waals surface area contributed by atoms with Crippen LogP contribution in [0.1, 0.15) is 20.8 Å². The van der Waals surface area contributed by atoms with Crippen molar-refractivity contribution < 1.29 is 5.11 Å². The quantitative estimate of drug-likeness (QED) is 0.426. The van der Waals surface area contributed by atoms with Crippen molar-refractivity contribution in [2.24, 2.45) is 16.9 Å². The van der Waals surface area contributed by atoms with Crippen molar-refractivity contribution >= 4 is 0 Å². The molecule has 0 aliphatic carbocycles. The van der Waals surface area contributed by atoms with Gasteiger partial charge < -0.3 is 16.6 Å². The van der Waals surface area contributed by atoms with Crippen LogP contribution in [0.5, 0.6) is 0 Å². The average Bonchev–Trinajstić information content (AvgIpc) is 1.62. The summed E-state index contributed by atoms with van der Waals surface area (Å²) in [6.07, 6.45) is -0.912. The van der Waals surface area contributed by atoms with Gasteiger partial charge in [-0.15, -0.1) is 0 Å². The van der Waals surface area contributed by atoms with Crippen LogP contribution in [0.25, 0.3) is 0 Å². The minimum absolute atomic E-state index is 0.117. The zero-order valence-corrected chi connectivity index (χ0v) is 6.26. The number of aliphatic hydroxyl groups excluding tert-OH is 1. The summed E-state index contributed by atoms with van der Waals surface area (Å²) in [5, 5.41) is 8.81. The Kier molecular flexibility index (Phi) is 2.61. The molecular weight excluding hydrogens is 116 g/mol. The molecule has 0 aliphatic heterocycles. The van der Waals surface area contributed by atoms with E-state index in [0.717, 1.165) is 0 Å². The zero-order chi connectivity index (χ0) is 7.65. The van der Waals surface area contributed by atoms with Gasteiger partial charge in [0, 0.05) is 6.04 Å². The van der Waals surface area contributed by atoms with E-state index in [2.05, 4.69) is 0 Å². The molecule has 0 rings (SSSR count). The first-order chi connectivity index (χ1) is 3.85. The molecule has 0 saturated heterocycles. The summed E-state index contributed by atoms with van der Waals surface area (Å²) < 4.78 is 0. The maximum absolute atomic E-state index is 8.81. The predicted molar refractivity (Wildman–Crippen MR) is 37.6 cm³/mol. The van der Waals surface area contributed by atoms with Crippen LogP contribution in [0.15, 0.2) is 0 Å². The molecule has 0 heterocycles. The molecule has 9 heavy (non-hydrogen) atoms. The van der Waals surface area contributed by atoms with Crippen LogP contribution >= 0.6 is 0 Å². The van der Waals surface area contributed by atoms with Crippen LogP contribution in [-0.4, -0.2) is 17.4 Å². The van der Waals surface area contributed by atoms with Crippen molar-refractivity contribution in [1.29, 1.82) is 0 Å². The van der Waals surface area contributed by atoms with Crippen LogP contribution in [0.3, 0.4) is 0 Å². The van der Waals surface area contributed by atoms with Gasteiger partial charge in [0.15, 0.2) is 0 Å². The summed E-state index contributed by atoms with van der Waals surface area (Å²) in [6.45, 7) is 5.81. The van der Waals surface area contributed by atoms with E-state index in [0.29, 0.717) is 0 Å². The Labute approximate surface area is 56.0 Å². The topological polar surface area (TPSA) is 72.3 Å². The molecule has 56 valence electrons. The van der Waals surface area contributed by atoms with Crippen LogP contribution in [0.2, 0.25) is 0 Å². The standard InChI is InChI=1S/C6H16N2O/c1-6(2,3)4(7)5(8)9/h4-5,9H,7-8H2,1-3H3/t4-,5?/m1/s1. The highest BCUT2D eigenvalue weighted by Gasteiger charge is 2.24. The fourth-order valence-corrected chi connectivity index (χ4v) is 0.512. The molecular formula is C6H16N2O. The summed E-state index contributed by atoms with van der Waals surface area (Å²) in [4.78, 5) is 0. The van der Waals surface area contributed by atoms with Crippen LogP contribution < -0.4 is 11.5 Å². The van der Waals surface area contributed by atoms with E-state index in [9.17, 15) is 0 Å². The summed E-state index contributed by atoms with van der Waals surface area (Å²) in [5.74, 6) is 0. The first kappa shape index (κ1) is 8.88. The van der Waals surface area contributed by atoms with Crippen molar-refractivity contribution in [3.63, 3.8) is 0 Å². The maximum atomic E-state index is 8.81. The van der Waals surface area contributed by atoms with E-state index in [-0.39, 0.29) is 11.5 Å². The molecule has 0 aromatic carbocycles. The number of aliphatic hydroxyl groups is 1. The first-order valence-corrected chi connectivity index (χ1v) is 3.05. The van der Waals surface area contributed by atoms with Crippen molar-refractivity contribution in [1.82, 2.24) is 0 Å². The van der Waals surface area contributed by atoms with Gasteiger partial charge in [0.1, 0.15) is 6.23 Å². The molecule has 0 bridgehead atoms. The molecule has 0 aromatic rings. The second-order valence-electron chi connectivity index (χ2n) is 3.38. The summed E-state index contributed by atoms with van der Waals surface area (Å²) in [5.41, 5.74) is 10.6. The second-order valence-corrected chi connectivity index (χ2v) is 3.38. The molecule has 0 saturated carbocycles. The molecule has 5 N–H and O–H groups in total. The van der Waals surface area contributed by atoms with Crippen LogP contribution in [0, 0.1) is 5.41 Å². The highest BCUT2D eigenvalue weighted by Crippen LogP contribution is 2.17. The minimum Gasteiger partial charge on any atom is -0.377 e. The molecule has 0 aromatic heterocycles. The maximum Gasteiger partial charge on any atom is 0.118 e. The van der Waals surface area contributed by atoms with Gasteiger partial charge in [-0.2, -0.15) is 0 Å². The van der Waals surface area contributed by atoms with E-state index in [1.807, 2.05) is 20.8 Å². The monoisotopic (exact) mass is 132 g/mol. The van der Waals surface area contributed by atoms with Gasteiger partial charge in [-0.1, -0.05) is 20.8 Å². The minimum atomic E-state index is -0.912. The van der Waals surface area contributed by atoms with Gasteiger partial charge in [-0.25, -0.2) is 0 Å². The van der Waals surface area contributed by atoms with E-state index < -0.39 is 6.23 Å². The summed E-state index contributed by atoms with van der Waals surface area (Å²) in [6, 6.07) is -0.350. The van der Waals surface area contributed by atoms with E-state index in [1.54, 1.807) is 0 Å². The first-order valence-electron chi connectivity index (χ1n) is 3.05. The average molecular weight is 132 g/mol. The highest BCUT2D eigenvalue weighted by molar-refractivity contribution is 4.79. The van der Waals surface area contributed by atoms with Gasteiger partial charge >= 0.3 is 0 Å². The Bertz CT molecular complexity index is 85.5. The van der Waals surface area contributed by atoms with E-state index >= 15 is 0 Å². The number of nitrogens with two attached hydrogens (primary N) is 2. The molecule has 0 spiro atoms. The Hall–Kier alpha value is -0.120. The summed E-state index contributed by atoms with van der Waals surface area (Å²) >= 11 is 0.